The molecule has 2 atom stereocenters. The van der Waals surface area contributed by atoms with Gasteiger partial charge in [-0.25, -0.2) is 0 Å². The van der Waals surface area contributed by atoms with Crippen LogP contribution in [0, 0.1) is 5.41 Å². The van der Waals surface area contributed by atoms with Crippen LogP contribution in [-0.2, 0) is 46.5 Å². The number of carbonyl (C=O) groups is 5. The number of hydrogen-bond acceptors (Lipinski definition) is 10. The van der Waals surface area contributed by atoms with Crippen molar-refractivity contribution in [3.05, 3.63) is 41.5 Å². The van der Waals surface area contributed by atoms with Crippen molar-refractivity contribution < 1.29 is 53.9 Å². The number of phenols is 1. The monoisotopic (exact) mass is 636 g/mol. The number of imide groups is 1. The molecule has 1 aromatic carbocycles. The lowest BCUT2D eigenvalue weighted by Gasteiger charge is -2.21. The molecule has 45 heavy (non-hydrogen) atoms. The third kappa shape index (κ3) is 16.7. The second-order valence-corrected chi connectivity index (χ2v) is 11.8. The van der Waals surface area contributed by atoms with Gasteiger partial charge < -0.3 is 35.2 Å². The molecule has 0 aliphatic carbocycles. The molecule has 0 bridgehead atoms. The van der Waals surface area contributed by atoms with Gasteiger partial charge in [-0.1, -0.05) is 18.6 Å². The van der Waals surface area contributed by atoms with Crippen LogP contribution in [0.2, 0.25) is 0 Å². The molecule has 2 aliphatic heterocycles. The molecule has 252 valence electrons. The highest BCUT2D eigenvalue weighted by molar-refractivity contribution is 6.12. The highest BCUT2D eigenvalue weighted by Crippen LogP contribution is 2.23. The zero-order valence-corrected chi connectivity index (χ0v) is 26.4. The summed E-state index contributed by atoms with van der Waals surface area (Å²) in [5.41, 5.74) is 0.975. The molecule has 2 unspecified atom stereocenters. The van der Waals surface area contributed by atoms with Gasteiger partial charge >= 0.3 is 5.97 Å². The molecule has 5 N–H and O–H groups in total. The number of aryl methyl sites for hydroxylation is 1. The highest BCUT2D eigenvalue weighted by Gasteiger charge is 2.24. The van der Waals surface area contributed by atoms with Crippen LogP contribution in [-0.4, -0.2) is 94.0 Å². The summed E-state index contributed by atoms with van der Waals surface area (Å²) in [6, 6.07) is 5.38. The molecule has 1 saturated heterocycles. The van der Waals surface area contributed by atoms with Gasteiger partial charge in [0.15, 0.2) is 0 Å². The molecule has 0 radical (unpaired) electrons. The van der Waals surface area contributed by atoms with E-state index in [-0.39, 0.29) is 42.5 Å². The van der Waals surface area contributed by atoms with Crippen LogP contribution in [0.15, 0.2) is 30.4 Å². The second kappa shape index (κ2) is 21.0. The Morgan fingerprint density at radius 3 is 2.18 bits per heavy atom. The van der Waals surface area contributed by atoms with E-state index in [1.165, 1.54) is 17.1 Å². The fourth-order valence-corrected chi connectivity index (χ4v) is 4.19. The standard InChI is InChI=1S/C26H36N2O6.C5H10O3.CH2O2/c1-26(2,3)25(33)34-18-20-12-11-19(17-21(20)29)9-6-7-15-27-22(30)10-5-4-8-16-28-23(31)13-14-24(28)32;6-4-1-5(7)3-8-2-4;2-1-3/h11-14,17,29H,4-10,15-16,18H2,1-3H3,(H,27,30);4-7H,1-3H2;1H,(H,2,3). The summed E-state index contributed by atoms with van der Waals surface area (Å²) in [7, 11) is 0. The Labute approximate surface area is 264 Å². The molecule has 1 fully saturated rings. The fraction of sp³-hybridized carbons (Fsp3) is 0.594. The quantitative estimate of drug-likeness (QED) is 0.0920. The van der Waals surface area contributed by atoms with E-state index in [0.29, 0.717) is 57.6 Å². The maximum atomic E-state index is 11.9. The van der Waals surface area contributed by atoms with Gasteiger partial charge in [-0.05, 0) is 64.5 Å². The van der Waals surface area contributed by atoms with Crippen LogP contribution in [0.4, 0.5) is 0 Å². The number of hydrogen-bond donors (Lipinski definition) is 5. The van der Waals surface area contributed by atoms with Gasteiger partial charge in [0.1, 0.15) is 12.4 Å². The lowest BCUT2D eigenvalue weighted by Crippen LogP contribution is -2.32. The van der Waals surface area contributed by atoms with Crippen molar-refractivity contribution in [2.24, 2.45) is 5.41 Å². The van der Waals surface area contributed by atoms with Crippen molar-refractivity contribution in [2.75, 3.05) is 26.3 Å². The molecule has 0 saturated carbocycles. The number of rotatable bonds is 13. The number of aliphatic hydroxyl groups is 2. The number of esters is 1. The van der Waals surface area contributed by atoms with Gasteiger partial charge in [-0.3, -0.25) is 28.9 Å². The first-order chi connectivity index (χ1) is 21.3. The number of aliphatic hydroxyl groups excluding tert-OH is 2. The maximum absolute atomic E-state index is 11.9. The van der Waals surface area contributed by atoms with Gasteiger partial charge in [0.2, 0.25) is 5.91 Å². The predicted molar refractivity (Wildman–Crippen MR) is 164 cm³/mol. The fourth-order valence-electron chi connectivity index (χ4n) is 4.19. The molecule has 2 heterocycles. The summed E-state index contributed by atoms with van der Waals surface area (Å²) < 4.78 is 10.0. The Morgan fingerprint density at radius 1 is 1.02 bits per heavy atom. The van der Waals surface area contributed by atoms with E-state index in [1.54, 1.807) is 32.9 Å². The van der Waals surface area contributed by atoms with Crippen molar-refractivity contribution in [1.82, 2.24) is 10.2 Å². The average molecular weight is 637 g/mol. The van der Waals surface area contributed by atoms with Crippen LogP contribution < -0.4 is 5.32 Å². The molecular formula is C32H48N2O11. The second-order valence-electron chi connectivity index (χ2n) is 11.8. The number of carboxylic acid groups (broad SMARTS) is 1. The summed E-state index contributed by atoms with van der Waals surface area (Å²) in [5.74, 6) is -0.735. The van der Waals surface area contributed by atoms with Gasteiger partial charge in [0.05, 0.1) is 30.8 Å². The van der Waals surface area contributed by atoms with E-state index in [9.17, 15) is 24.3 Å². The third-order valence-electron chi connectivity index (χ3n) is 6.69. The van der Waals surface area contributed by atoms with E-state index in [0.717, 1.165) is 31.2 Å². The number of nitrogens with one attached hydrogen (secondary N) is 1. The highest BCUT2D eigenvalue weighted by atomic mass is 16.5. The van der Waals surface area contributed by atoms with Gasteiger partial charge in [-0.2, -0.15) is 0 Å². The normalized spacial score (nSPS) is 17.5. The minimum absolute atomic E-state index is 0.00166. The molecule has 13 nitrogen and oxygen atoms in total. The largest absolute Gasteiger partial charge is 0.508 e. The van der Waals surface area contributed by atoms with Crippen molar-refractivity contribution in [3.8, 4) is 5.75 Å². The number of phenolic OH excluding ortho intramolecular Hbond substituents is 1. The topological polar surface area (TPSA) is 200 Å². The van der Waals surface area contributed by atoms with E-state index in [4.69, 9.17) is 29.6 Å². The summed E-state index contributed by atoms with van der Waals surface area (Å²) in [4.78, 5) is 56.3. The first kappa shape index (κ1) is 39.2. The zero-order valence-electron chi connectivity index (χ0n) is 26.4. The lowest BCUT2D eigenvalue weighted by atomic mass is 9.97. The number of benzene rings is 1. The number of carbonyl (C=O) groups excluding carboxylic acids is 4. The summed E-state index contributed by atoms with van der Waals surface area (Å²) in [6.07, 6.45) is 7.17. The van der Waals surface area contributed by atoms with Crippen LogP contribution in [0.3, 0.4) is 0 Å². The molecular weight excluding hydrogens is 588 g/mol. The number of amides is 3. The maximum Gasteiger partial charge on any atom is 0.311 e. The van der Waals surface area contributed by atoms with Crippen LogP contribution >= 0.6 is 0 Å². The van der Waals surface area contributed by atoms with Crippen molar-refractivity contribution in [1.29, 1.82) is 0 Å². The van der Waals surface area contributed by atoms with E-state index >= 15 is 0 Å². The van der Waals surface area contributed by atoms with Crippen molar-refractivity contribution in [3.63, 3.8) is 0 Å². The molecule has 13 heteroatoms. The van der Waals surface area contributed by atoms with Crippen LogP contribution in [0.1, 0.15) is 76.8 Å². The molecule has 0 spiro atoms. The smallest absolute Gasteiger partial charge is 0.311 e. The zero-order chi connectivity index (χ0) is 33.8. The molecule has 2 aliphatic rings. The van der Waals surface area contributed by atoms with Gasteiger partial charge in [0, 0.05) is 43.6 Å². The Balaban J connectivity index is 0.000000775. The van der Waals surface area contributed by atoms with E-state index < -0.39 is 17.6 Å². The third-order valence-corrected chi connectivity index (χ3v) is 6.69. The van der Waals surface area contributed by atoms with Crippen LogP contribution in [0.25, 0.3) is 0 Å². The minimum Gasteiger partial charge on any atom is -0.508 e. The lowest BCUT2D eigenvalue weighted by molar-refractivity contribution is -0.154. The molecule has 0 aromatic heterocycles. The van der Waals surface area contributed by atoms with Gasteiger partial charge in [0.25, 0.3) is 18.3 Å². The first-order valence-corrected chi connectivity index (χ1v) is 15.1. The number of unbranched alkanes of at least 4 members (excludes halogenated alkanes) is 3. The Bertz CT molecular complexity index is 1100. The van der Waals surface area contributed by atoms with E-state index in [2.05, 4.69) is 5.32 Å². The number of ether oxygens (including phenoxy) is 2. The van der Waals surface area contributed by atoms with E-state index in [1.807, 2.05) is 6.07 Å². The molecule has 3 rings (SSSR count). The SMILES string of the molecule is CC(C)(C)C(=O)OCc1ccc(CCCCNC(=O)CCCCCN2C(=O)C=CC2=O)cc1O.O=CO.OC1COCC(O)C1. The minimum atomic E-state index is -0.584. The van der Waals surface area contributed by atoms with Crippen LogP contribution in [0.5, 0.6) is 5.75 Å². The Morgan fingerprint density at radius 2 is 1.64 bits per heavy atom. The summed E-state index contributed by atoms with van der Waals surface area (Å²) in [5, 5.41) is 37.6. The Kier molecular flexibility index (Phi) is 18.3. The number of aromatic hydroxyl groups is 1. The average Bonchev–Trinajstić information content (AvgIpc) is 3.28. The molecule has 3 amide bonds. The molecule has 1 aromatic rings. The number of nitrogens with zero attached hydrogens (tertiary/aromatic N) is 1. The Hall–Kier alpha value is -3.81. The first-order valence-electron chi connectivity index (χ1n) is 15.1. The van der Waals surface area contributed by atoms with Crippen molar-refractivity contribution >= 4 is 30.2 Å². The van der Waals surface area contributed by atoms with Crippen molar-refractivity contribution in [2.45, 2.75) is 91.0 Å². The summed E-state index contributed by atoms with van der Waals surface area (Å²) >= 11 is 0. The summed E-state index contributed by atoms with van der Waals surface area (Å²) in [6.45, 7) is 6.86. The predicted octanol–water partition coefficient (Wildman–Crippen LogP) is 2.24. The van der Waals surface area contributed by atoms with Gasteiger partial charge in [-0.15, -0.1) is 0 Å².